The fourth-order valence-corrected chi connectivity index (χ4v) is 0.984. The molecule has 0 atom stereocenters. The molecular weight excluding hydrogens is 176 g/mol. The fraction of sp³-hybridized carbons (Fsp3) is 1.00. The van der Waals surface area contributed by atoms with E-state index in [0.717, 1.165) is 19.5 Å². The Morgan fingerprint density at radius 2 is 1.25 bits per heavy atom. The van der Waals surface area contributed by atoms with Crippen molar-refractivity contribution in [1.29, 1.82) is 0 Å². The van der Waals surface area contributed by atoms with Gasteiger partial charge in [-0.2, -0.15) is 0 Å². The number of hydrogen-bond acceptors (Lipinski definition) is 5. The first kappa shape index (κ1) is 14.5. The average molecular weight is 196 g/mol. The highest BCUT2D eigenvalue weighted by molar-refractivity contribution is 6.36. The van der Waals surface area contributed by atoms with Crippen LogP contribution in [0.25, 0.3) is 0 Å². The number of hydrogen-bond donors (Lipinski definition) is 2. The first-order valence-corrected chi connectivity index (χ1v) is 5.16. The predicted octanol–water partition coefficient (Wildman–Crippen LogP) is -1.06. The summed E-state index contributed by atoms with van der Waals surface area (Å²) in [5.74, 6) is 0. The van der Waals surface area contributed by atoms with Gasteiger partial charge in [0.15, 0.2) is 0 Å². The molecule has 0 aromatic rings. The summed E-state index contributed by atoms with van der Waals surface area (Å²) in [7, 11) is 3.05. The molecule has 0 unspecified atom stereocenters. The van der Waals surface area contributed by atoms with Gasteiger partial charge in [0, 0.05) is 21.3 Å². The van der Waals surface area contributed by atoms with Crippen LogP contribution in [-0.4, -0.2) is 43.9 Å². The van der Waals surface area contributed by atoms with Crippen molar-refractivity contribution < 1.29 is 13.3 Å². The Balaban J connectivity index is 0. The Morgan fingerprint density at radius 1 is 0.917 bits per heavy atom. The van der Waals surface area contributed by atoms with Gasteiger partial charge in [-0.15, -0.1) is 0 Å². The highest BCUT2D eigenvalue weighted by Gasteiger charge is 2.04. The zero-order valence-electron chi connectivity index (χ0n) is 8.08. The molecule has 0 radical (unpaired) electrons. The monoisotopic (exact) mass is 196 g/mol. The lowest BCUT2D eigenvalue weighted by molar-refractivity contribution is 0.163. The van der Waals surface area contributed by atoms with Crippen LogP contribution in [0.5, 0.6) is 0 Å². The van der Waals surface area contributed by atoms with Crippen molar-refractivity contribution >= 4 is 9.53 Å². The molecule has 76 valence electrons. The highest BCUT2D eigenvalue weighted by atomic mass is 28.3. The van der Waals surface area contributed by atoms with Crippen LogP contribution in [0.1, 0.15) is 6.42 Å². The van der Waals surface area contributed by atoms with Gasteiger partial charge in [0.25, 0.3) is 0 Å². The van der Waals surface area contributed by atoms with Crippen molar-refractivity contribution in [3.8, 4) is 0 Å². The van der Waals surface area contributed by atoms with Gasteiger partial charge >= 0.3 is 9.53 Å². The molecule has 0 bridgehead atoms. The van der Waals surface area contributed by atoms with Crippen LogP contribution >= 0.6 is 0 Å². The largest absolute Gasteiger partial charge is 0.483 e. The van der Waals surface area contributed by atoms with E-state index in [1.165, 1.54) is 0 Å². The van der Waals surface area contributed by atoms with Gasteiger partial charge in [0.1, 0.15) is 0 Å². The molecule has 6 heteroatoms. The Labute approximate surface area is 75.9 Å². The Bertz CT molecular complexity index is 66.3. The molecule has 12 heavy (non-hydrogen) atoms. The second kappa shape index (κ2) is 13.6. The van der Waals surface area contributed by atoms with E-state index in [1.54, 1.807) is 21.3 Å². The molecule has 0 rings (SSSR count). The van der Waals surface area contributed by atoms with Crippen LogP contribution in [-0.2, 0) is 13.3 Å². The second-order valence-corrected chi connectivity index (χ2v) is 3.92. The van der Waals surface area contributed by atoms with E-state index in [9.17, 15) is 0 Å². The zero-order valence-corrected chi connectivity index (χ0v) is 9.23. The van der Waals surface area contributed by atoms with Gasteiger partial charge < -0.3 is 24.7 Å². The molecule has 0 aromatic carbocycles. The van der Waals surface area contributed by atoms with Crippen molar-refractivity contribution in [2.45, 2.75) is 6.42 Å². The Hall–Kier alpha value is 0.0169. The first-order valence-electron chi connectivity index (χ1n) is 3.75. The molecule has 0 aliphatic rings. The molecule has 0 aliphatic heterocycles. The third-order valence-electron chi connectivity index (χ3n) is 0.986. The SMILES string of the molecule is CO[SiH](OC)OC.NCCCN. The summed E-state index contributed by atoms with van der Waals surface area (Å²) in [5, 5.41) is 0. The molecule has 0 fully saturated rings. The standard InChI is InChI=1S/C3H10N2.C3H10O3Si/c4-2-1-3-5;1-4-7(5-2)6-3/h1-5H2;7H,1-3H3. The maximum Gasteiger partial charge on any atom is 0.483 e. The normalized spacial score (nSPS) is 9.50. The maximum atomic E-state index is 5.06. The first-order chi connectivity index (χ1) is 5.76. The van der Waals surface area contributed by atoms with Crippen molar-refractivity contribution in [1.82, 2.24) is 0 Å². The summed E-state index contributed by atoms with van der Waals surface area (Å²) >= 11 is 0. The minimum Gasteiger partial charge on any atom is -0.379 e. The minimum atomic E-state index is -1.67. The van der Waals surface area contributed by atoms with Crippen LogP contribution < -0.4 is 11.5 Å². The third kappa shape index (κ3) is 12.7. The van der Waals surface area contributed by atoms with Crippen LogP contribution in [0.4, 0.5) is 0 Å². The molecule has 0 aliphatic carbocycles. The van der Waals surface area contributed by atoms with Crippen LogP contribution in [0, 0.1) is 0 Å². The Morgan fingerprint density at radius 3 is 1.25 bits per heavy atom. The molecule has 5 nitrogen and oxygen atoms in total. The molecule has 4 N–H and O–H groups in total. The minimum absolute atomic E-state index is 0.719. The maximum absolute atomic E-state index is 5.06. The van der Waals surface area contributed by atoms with Crippen molar-refractivity contribution in [3.63, 3.8) is 0 Å². The van der Waals surface area contributed by atoms with E-state index < -0.39 is 9.53 Å². The van der Waals surface area contributed by atoms with Crippen molar-refractivity contribution in [2.24, 2.45) is 11.5 Å². The number of nitrogens with two attached hydrogens (primary N) is 2. The van der Waals surface area contributed by atoms with Crippen LogP contribution in [0.15, 0.2) is 0 Å². The average Bonchev–Trinajstić information content (AvgIpc) is 2.10. The van der Waals surface area contributed by atoms with Gasteiger partial charge in [-0.05, 0) is 19.5 Å². The van der Waals surface area contributed by atoms with Crippen molar-refractivity contribution in [3.05, 3.63) is 0 Å². The summed E-state index contributed by atoms with van der Waals surface area (Å²) < 4.78 is 14.2. The highest BCUT2D eigenvalue weighted by Crippen LogP contribution is 1.81. The quantitative estimate of drug-likeness (QED) is 0.548. The topological polar surface area (TPSA) is 79.7 Å². The Kier molecular flexibility index (Phi) is 16.5. The molecular formula is C6H20N2O3Si. The predicted molar refractivity (Wildman–Crippen MR) is 50.9 cm³/mol. The molecule has 0 heterocycles. The van der Waals surface area contributed by atoms with Crippen molar-refractivity contribution in [2.75, 3.05) is 34.4 Å². The van der Waals surface area contributed by atoms with Crippen LogP contribution in [0.3, 0.4) is 0 Å². The van der Waals surface area contributed by atoms with E-state index in [0.29, 0.717) is 0 Å². The summed E-state index contributed by atoms with van der Waals surface area (Å²) in [5.41, 5.74) is 10.1. The zero-order chi connectivity index (χ0) is 9.82. The van der Waals surface area contributed by atoms with Gasteiger partial charge in [0.05, 0.1) is 0 Å². The summed E-state index contributed by atoms with van der Waals surface area (Å²) in [6.07, 6.45) is 0.944. The molecule has 0 spiro atoms. The lowest BCUT2D eigenvalue weighted by Gasteiger charge is -2.05. The lowest BCUT2D eigenvalue weighted by atomic mass is 10.4. The third-order valence-corrected chi connectivity index (χ3v) is 2.14. The van der Waals surface area contributed by atoms with Gasteiger partial charge in [0.2, 0.25) is 0 Å². The van der Waals surface area contributed by atoms with E-state index in [-0.39, 0.29) is 0 Å². The lowest BCUT2D eigenvalue weighted by Crippen LogP contribution is -2.21. The molecule has 0 saturated carbocycles. The summed E-state index contributed by atoms with van der Waals surface area (Å²) in [4.78, 5) is 0. The van der Waals surface area contributed by atoms with Crippen LogP contribution in [0.2, 0.25) is 0 Å². The summed E-state index contributed by atoms with van der Waals surface area (Å²) in [6, 6.07) is 0. The van der Waals surface area contributed by atoms with E-state index in [1.807, 2.05) is 0 Å². The smallest absolute Gasteiger partial charge is 0.379 e. The van der Waals surface area contributed by atoms with Gasteiger partial charge in [-0.3, -0.25) is 0 Å². The molecule has 0 aromatic heterocycles. The van der Waals surface area contributed by atoms with Gasteiger partial charge in [-0.25, -0.2) is 0 Å². The van der Waals surface area contributed by atoms with Gasteiger partial charge in [-0.1, -0.05) is 0 Å². The second-order valence-electron chi connectivity index (χ2n) is 1.93. The molecule has 0 amide bonds. The molecule has 0 saturated heterocycles. The fourth-order valence-electron chi connectivity index (χ4n) is 0.407. The van der Waals surface area contributed by atoms with E-state index in [4.69, 9.17) is 24.7 Å². The van der Waals surface area contributed by atoms with E-state index in [2.05, 4.69) is 0 Å². The number of rotatable bonds is 5. The summed E-state index contributed by atoms with van der Waals surface area (Å²) in [6.45, 7) is 1.44. The van der Waals surface area contributed by atoms with E-state index >= 15 is 0 Å².